The van der Waals surface area contributed by atoms with E-state index in [2.05, 4.69) is 54.8 Å². The number of fused-ring (bicyclic) bond motifs is 1. The van der Waals surface area contributed by atoms with Gasteiger partial charge in [0.1, 0.15) is 0 Å². The second-order valence-corrected chi connectivity index (χ2v) is 7.91. The first-order valence-corrected chi connectivity index (χ1v) is 8.54. The Morgan fingerprint density at radius 1 is 1.14 bits per heavy atom. The number of carbonyl (C=O) groups is 1. The Morgan fingerprint density at radius 3 is 2.50 bits per heavy atom. The average Bonchev–Trinajstić information content (AvgIpc) is 2.89. The van der Waals surface area contributed by atoms with E-state index in [1.807, 2.05) is 0 Å². The highest BCUT2D eigenvalue weighted by Gasteiger charge is 2.31. The van der Waals surface area contributed by atoms with Gasteiger partial charge in [-0.2, -0.15) is 0 Å². The molecule has 0 aromatic heterocycles. The molecule has 1 aromatic carbocycles. The minimum atomic E-state index is 0.0820. The molecule has 1 heterocycles. The summed E-state index contributed by atoms with van der Waals surface area (Å²) in [6, 6.07) is 9.41. The molecule has 0 N–H and O–H groups in total. The lowest BCUT2D eigenvalue weighted by Gasteiger charge is -2.39. The largest absolute Gasteiger partial charge is 0.340 e. The number of hydrogen-bond donors (Lipinski definition) is 0. The molecule has 3 heteroatoms. The molecule has 1 fully saturated rings. The number of rotatable bonds is 2. The third-order valence-electron chi connectivity index (χ3n) is 4.89. The fourth-order valence-corrected chi connectivity index (χ4v) is 3.76. The summed E-state index contributed by atoms with van der Waals surface area (Å²) in [7, 11) is 0. The topological polar surface area (TPSA) is 23.6 Å². The predicted molar refractivity (Wildman–Crippen MR) is 89.7 cm³/mol. The maximum Gasteiger partial charge on any atom is 0.223 e. The van der Waals surface area contributed by atoms with Crippen LogP contribution in [0, 0.1) is 5.41 Å². The predicted octanol–water partition coefficient (Wildman–Crippen LogP) is 3.25. The molecule has 1 saturated heterocycles. The van der Waals surface area contributed by atoms with E-state index in [1.54, 1.807) is 0 Å². The Bertz CT molecular complexity index is 539. The number of carbonyl (C=O) groups excluding carboxylic acids is 1. The molecular weight excluding hydrogens is 272 g/mol. The smallest absolute Gasteiger partial charge is 0.223 e. The van der Waals surface area contributed by atoms with E-state index in [4.69, 9.17) is 0 Å². The highest BCUT2D eigenvalue weighted by atomic mass is 16.2. The van der Waals surface area contributed by atoms with Crippen molar-refractivity contribution in [2.75, 3.05) is 26.2 Å². The van der Waals surface area contributed by atoms with Gasteiger partial charge in [0.15, 0.2) is 0 Å². The summed E-state index contributed by atoms with van der Waals surface area (Å²) in [6.07, 6.45) is 3.08. The second kappa shape index (κ2) is 6.04. The Hall–Kier alpha value is -1.35. The summed E-state index contributed by atoms with van der Waals surface area (Å²) in [5.41, 5.74) is 3.11. The average molecular weight is 300 g/mol. The summed E-state index contributed by atoms with van der Waals surface area (Å²) in [6.45, 7) is 10.2. The monoisotopic (exact) mass is 300 g/mol. The maximum atomic E-state index is 12.3. The molecule has 0 radical (unpaired) electrons. The summed E-state index contributed by atoms with van der Waals surface area (Å²) < 4.78 is 0. The van der Waals surface area contributed by atoms with Crippen molar-refractivity contribution in [3.8, 4) is 0 Å². The molecule has 1 aliphatic carbocycles. The van der Waals surface area contributed by atoms with E-state index in [-0.39, 0.29) is 5.41 Å². The van der Waals surface area contributed by atoms with E-state index >= 15 is 0 Å². The van der Waals surface area contributed by atoms with Crippen molar-refractivity contribution in [2.24, 2.45) is 5.41 Å². The van der Waals surface area contributed by atoms with E-state index in [0.717, 1.165) is 26.2 Å². The molecule has 1 aromatic rings. The lowest BCUT2D eigenvalue weighted by Crippen LogP contribution is -2.49. The molecular formula is C19H28N2O. The minimum Gasteiger partial charge on any atom is -0.340 e. The molecule has 3 rings (SSSR count). The minimum absolute atomic E-state index is 0.0820. The molecule has 2 aliphatic rings. The number of amides is 1. The Balaban J connectivity index is 1.58. The summed E-state index contributed by atoms with van der Waals surface area (Å²) in [4.78, 5) is 17.0. The van der Waals surface area contributed by atoms with Gasteiger partial charge in [-0.25, -0.2) is 0 Å². The summed E-state index contributed by atoms with van der Waals surface area (Å²) in [5.74, 6) is 0.318. The van der Waals surface area contributed by atoms with Crippen molar-refractivity contribution in [1.29, 1.82) is 0 Å². The number of nitrogens with zero attached hydrogens (tertiary/aromatic N) is 2. The van der Waals surface area contributed by atoms with Crippen LogP contribution in [0.3, 0.4) is 0 Å². The Kier molecular flexibility index (Phi) is 4.26. The zero-order chi connectivity index (χ0) is 15.7. The van der Waals surface area contributed by atoms with Crippen molar-refractivity contribution in [3.63, 3.8) is 0 Å². The third kappa shape index (κ3) is 3.35. The first kappa shape index (κ1) is 15.5. The van der Waals surface area contributed by atoms with Crippen LogP contribution in [0.4, 0.5) is 0 Å². The van der Waals surface area contributed by atoms with E-state index in [0.29, 0.717) is 18.4 Å². The van der Waals surface area contributed by atoms with Crippen LogP contribution >= 0.6 is 0 Å². The van der Waals surface area contributed by atoms with Crippen molar-refractivity contribution < 1.29 is 4.79 Å². The molecule has 1 atom stereocenters. The highest BCUT2D eigenvalue weighted by Crippen LogP contribution is 2.36. The summed E-state index contributed by atoms with van der Waals surface area (Å²) >= 11 is 0. The van der Waals surface area contributed by atoms with Crippen LogP contribution in [-0.2, 0) is 11.2 Å². The normalized spacial score (nSPS) is 22.7. The summed E-state index contributed by atoms with van der Waals surface area (Å²) in [5, 5.41) is 0. The molecule has 1 amide bonds. The van der Waals surface area contributed by atoms with Crippen molar-refractivity contribution in [3.05, 3.63) is 35.4 Å². The van der Waals surface area contributed by atoms with Crippen LogP contribution in [0.25, 0.3) is 0 Å². The van der Waals surface area contributed by atoms with Gasteiger partial charge < -0.3 is 4.90 Å². The van der Waals surface area contributed by atoms with Crippen LogP contribution in [0.5, 0.6) is 0 Å². The molecule has 0 spiro atoms. The van der Waals surface area contributed by atoms with Crippen LogP contribution in [0.2, 0.25) is 0 Å². The SMILES string of the molecule is CC(C)(C)CC(=O)N1CCN(C2CCc3ccccc32)CC1. The lowest BCUT2D eigenvalue weighted by atomic mass is 9.91. The van der Waals surface area contributed by atoms with Gasteiger partial charge in [0.25, 0.3) is 0 Å². The van der Waals surface area contributed by atoms with E-state index < -0.39 is 0 Å². The molecule has 0 saturated carbocycles. The van der Waals surface area contributed by atoms with Crippen molar-refractivity contribution in [1.82, 2.24) is 9.80 Å². The highest BCUT2D eigenvalue weighted by molar-refractivity contribution is 5.76. The van der Waals surface area contributed by atoms with Crippen LogP contribution < -0.4 is 0 Å². The fourth-order valence-electron chi connectivity index (χ4n) is 3.76. The fraction of sp³-hybridized carbons (Fsp3) is 0.632. The molecule has 0 bridgehead atoms. The van der Waals surface area contributed by atoms with E-state index in [1.165, 1.54) is 24.0 Å². The molecule has 120 valence electrons. The number of benzene rings is 1. The van der Waals surface area contributed by atoms with Gasteiger partial charge >= 0.3 is 0 Å². The Labute approximate surface area is 134 Å². The first-order valence-electron chi connectivity index (χ1n) is 8.54. The first-order chi connectivity index (χ1) is 10.4. The van der Waals surface area contributed by atoms with Crippen LogP contribution in [0.15, 0.2) is 24.3 Å². The van der Waals surface area contributed by atoms with Gasteiger partial charge in [0.05, 0.1) is 0 Å². The van der Waals surface area contributed by atoms with E-state index in [9.17, 15) is 4.79 Å². The maximum absolute atomic E-state index is 12.3. The number of aryl methyl sites for hydroxylation is 1. The second-order valence-electron chi connectivity index (χ2n) is 7.91. The standard InChI is InChI=1S/C19H28N2O/c1-19(2,3)14-18(22)21-12-10-20(11-13-21)17-9-8-15-6-4-5-7-16(15)17/h4-7,17H,8-14H2,1-3H3. The number of piperazine rings is 1. The Morgan fingerprint density at radius 2 is 1.82 bits per heavy atom. The molecule has 3 nitrogen and oxygen atoms in total. The van der Waals surface area contributed by atoms with Gasteiger partial charge in [0.2, 0.25) is 5.91 Å². The zero-order valence-electron chi connectivity index (χ0n) is 14.1. The molecule has 1 unspecified atom stereocenters. The zero-order valence-corrected chi connectivity index (χ0v) is 14.1. The van der Waals surface area contributed by atoms with Gasteiger partial charge in [-0.3, -0.25) is 9.69 Å². The number of hydrogen-bond acceptors (Lipinski definition) is 2. The van der Waals surface area contributed by atoms with Gasteiger partial charge in [0, 0.05) is 38.6 Å². The van der Waals surface area contributed by atoms with Crippen molar-refractivity contribution >= 4 is 5.91 Å². The van der Waals surface area contributed by atoms with Crippen molar-refractivity contribution in [2.45, 2.75) is 46.1 Å². The van der Waals surface area contributed by atoms with Crippen LogP contribution in [-0.4, -0.2) is 41.9 Å². The van der Waals surface area contributed by atoms with Crippen LogP contribution in [0.1, 0.15) is 50.8 Å². The quantitative estimate of drug-likeness (QED) is 0.837. The molecule has 22 heavy (non-hydrogen) atoms. The lowest BCUT2D eigenvalue weighted by molar-refractivity contribution is -0.135. The van der Waals surface area contributed by atoms with Gasteiger partial charge in [-0.05, 0) is 29.4 Å². The van der Waals surface area contributed by atoms with Gasteiger partial charge in [-0.1, -0.05) is 45.0 Å². The van der Waals surface area contributed by atoms with Gasteiger partial charge in [-0.15, -0.1) is 0 Å². The molecule has 1 aliphatic heterocycles. The third-order valence-corrected chi connectivity index (χ3v) is 4.89.